The predicted molar refractivity (Wildman–Crippen MR) is 108 cm³/mol. The molecule has 0 spiro atoms. The lowest BCUT2D eigenvalue weighted by Crippen LogP contribution is -2.03. The lowest BCUT2D eigenvalue weighted by molar-refractivity contribution is 0.304. The van der Waals surface area contributed by atoms with Crippen molar-refractivity contribution >= 4 is 16.5 Å². The first-order valence-corrected chi connectivity index (χ1v) is 8.86. The number of nitrogens with one attached hydrogen (secondary N) is 1. The fraction of sp³-hybridized carbons (Fsp3) is 0.0833. The Hall–Kier alpha value is -3.26. The average Bonchev–Trinajstić information content (AvgIpc) is 2.72. The molecule has 0 saturated carbocycles. The van der Waals surface area contributed by atoms with E-state index in [4.69, 9.17) is 4.74 Å². The van der Waals surface area contributed by atoms with E-state index in [0.29, 0.717) is 6.61 Å². The highest BCUT2D eigenvalue weighted by Gasteiger charge is 2.05. The number of anilines is 1. The molecule has 26 heavy (non-hydrogen) atoms. The van der Waals surface area contributed by atoms with E-state index in [0.717, 1.165) is 23.5 Å². The van der Waals surface area contributed by atoms with Crippen LogP contribution in [-0.2, 0) is 13.2 Å². The number of hydrogen-bond donors (Lipinski definition) is 1. The fourth-order valence-electron chi connectivity index (χ4n) is 3.12. The number of para-hydroxylation sites is 2. The molecular weight excluding hydrogens is 318 g/mol. The average molecular weight is 339 g/mol. The number of hydrogen-bond acceptors (Lipinski definition) is 2. The van der Waals surface area contributed by atoms with Gasteiger partial charge >= 0.3 is 0 Å². The summed E-state index contributed by atoms with van der Waals surface area (Å²) in [6.07, 6.45) is 0. The molecule has 0 aliphatic carbocycles. The third-order valence-corrected chi connectivity index (χ3v) is 4.49. The van der Waals surface area contributed by atoms with E-state index in [-0.39, 0.29) is 0 Å². The monoisotopic (exact) mass is 339 g/mol. The fourth-order valence-corrected chi connectivity index (χ4v) is 3.12. The van der Waals surface area contributed by atoms with Crippen LogP contribution in [-0.4, -0.2) is 0 Å². The minimum atomic E-state index is 0.559. The molecule has 0 atom stereocenters. The summed E-state index contributed by atoms with van der Waals surface area (Å²) in [5.41, 5.74) is 3.46. The van der Waals surface area contributed by atoms with Crippen LogP contribution in [0.5, 0.6) is 5.75 Å². The molecule has 0 aliphatic rings. The van der Waals surface area contributed by atoms with Crippen molar-refractivity contribution in [1.29, 1.82) is 0 Å². The zero-order valence-corrected chi connectivity index (χ0v) is 14.6. The predicted octanol–water partition coefficient (Wildman–Crippen LogP) is 6.03. The van der Waals surface area contributed by atoms with Crippen LogP contribution in [0.25, 0.3) is 10.8 Å². The van der Waals surface area contributed by atoms with Crippen LogP contribution in [0.1, 0.15) is 11.1 Å². The third-order valence-electron chi connectivity index (χ3n) is 4.49. The van der Waals surface area contributed by atoms with E-state index in [1.165, 1.54) is 16.3 Å². The standard InChI is InChI=1S/C24H21NO/c1-2-13-22(14-3-1)25-17-20-10-5-7-16-24(20)26-18-21-12-8-11-19-9-4-6-15-23(19)21/h1-16,25H,17-18H2. The number of fused-ring (bicyclic) bond motifs is 1. The molecule has 2 nitrogen and oxygen atoms in total. The minimum absolute atomic E-state index is 0.559. The summed E-state index contributed by atoms with van der Waals surface area (Å²) in [7, 11) is 0. The van der Waals surface area contributed by atoms with Gasteiger partial charge < -0.3 is 10.1 Å². The van der Waals surface area contributed by atoms with Gasteiger partial charge in [-0.25, -0.2) is 0 Å². The molecule has 0 heterocycles. The Labute approximate surface area is 154 Å². The SMILES string of the molecule is c1ccc(NCc2ccccc2OCc2cccc3ccccc23)cc1. The maximum absolute atomic E-state index is 6.18. The molecule has 0 aromatic heterocycles. The Balaban J connectivity index is 1.50. The topological polar surface area (TPSA) is 21.3 Å². The number of ether oxygens (including phenoxy) is 1. The van der Waals surface area contributed by atoms with Gasteiger partial charge in [0.2, 0.25) is 0 Å². The lowest BCUT2D eigenvalue weighted by Gasteiger charge is -2.14. The van der Waals surface area contributed by atoms with E-state index in [1.54, 1.807) is 0 Å². The van der Waals surface area contributed by atoms with Crippen molar-refractivity contribution in [3.8, 4) is 5.75 Å². The maximum Gasteiger partial charge on any atom is 0.124 e. The van der Waals surface area contributed by atoms with Crippen molar-refractivity contribution in [3.63, 3.8) is 0 Å². The Morgan fingerprint density at radius 2 is 1.31 bits per heavy atom. The quantitative estimate of drug-likeness (QED) is 0.463. The molecule has 0 radical (unpaired) electrons. The van der Waals surface area contributed by atoms with E-state index < -0.39 is 0 Å². The molecular formula is C24H21NO. The molecule has 0 bridgehead atoms. The second-order valence-electron chi connectivity index (χ2n) is 6.25. The smallest absolute Gasteiger partial charge is 0.124 e. The van der Waals surface area contributed by atoms with E-state index in [9.17, 15) is 0 Å². The third kappa shape index (κ3) is 3.70. The van der Waals surface area contributed by atoms with Crippen LogP contribution < -0.4 is 10.1 Å². The van der Waals surface area contributed by atoms with Crippen molar-refractivity contribution in [2.24, 2.45) is 0 Å². The number of rotatable bonds is 6. The summed E-state index contributed by atoms with van der Waals surface area (Å²) in [6.45, 7) is 1.29. The molecule has 0 saturated heterocycles. The summed E-state index contributed by atoms with van der Waals surface area (Å²) in [4.78, 5) is 0. The Morgan fingerprint density at radius 1 is 0.615 bits per heavy atom. The molecule has 0 amide bonds. The zero-order valence-electron chi connectivity index (χ0n) is 14.6. The Bertz CT molecular complexity index is 990. The van der Waals surface area contributed by atoms with Gasteiger partial charge in [-0.2, -0.15) is 0 Å². The number of benzene rings is 4. The van der Waals surface area contributed by atoms with Gasteiger partial charge in [-0.3, -0.25) is 0 Å². The Morgan fingerprint density at radius 3 is 2.23 bits per heavy atom. The molecule has 0 unspecified atom stereocenters. The summed E-state index contributed by atoms with van der Waals surface area (Å²) in [6, 6.07) is 33.2. The summed E-state index contributed by atoms with van der Waals surface area (Å²) >= 11 is 0. The highest BCUT2D eigenvalue weighted by Crippen LogP contribution is 2.23. The summed E-state index contributed by atoms with van der Waals surface area (Å²) in [5.74, 6) is 0.920. The zero-order chi connectivity index (χ0) is 17.6. The summed E-state index contributed by atoms with van der Waals surface area (Å²) < 4.78 is 6.18. The van der Waals surface area contributed by atoms with Crippen LogP contribution in [0.2, 0.25) is 0 Å². The van der Waals surface area contributed by atoms with E-state index in [2.05, 4.69) is 66.0 Å². The second kappa shape index (κ2) is 7.75. The highest BCUT2D eigenvalue weighted by atomic mass is 16.5. The molecule has 4 aromatic rings. The van der Waals surface area contributed by atoms with Gasteiger partial charge in [0.25, 0.3) is 0 Å². The van der Waals surface area contributed by atoms with Crippen molar-refractivity contribution in [2.75, 3.05) is 5.32 Å². The van der Waals surface area contributed by atoms with Crippen LogP contribution in [0.3, 0.4) is 0 Å². The van der Waals surface area contributed by atoms with Crippen LogP contribution in [0, 0.1) is 0 Å². The lowest BCUT2D eigenvalue weighted by atomic mass is 10.1. The van der Waals surface area contributed by atoms with Gasteiger partial charge in [0.15, 0.2) is 0 Å². The van der Waals surface area contributed by atoms with Gasteiger partial charge in [-0.15, -0.1) is 0 Å². The molecule has 2 heteroatoms. The highest BCUT2D eigenvalue weighted by molar-refractivity contribution is 5.85. The van der Waals surface area contributed by atoms with Gasteiger partial charge in [-0.05, 0) is 34.5 Å². The van der Waals surface area contributed by atoms with Gasteiger partial charge in [0.05, 0.1) is 0 Å². The van der Waals surface area contributed by atoms with Gasteiger partial charge in [-0.1, -0.05) is 78.9 Å². The van der Waals surface area contributed by atoms with E-state index in [1.807, 2.05) is 36.4 Å². The van der Waals surface area contributed by atoms with Crippen LogP contribution in [0.4, 0.5) is 5.69 Å². The minimum Gasteiger partial charge on any atom is -0.489 e. The molecule has 128 valence electrons. The molecule has 0 aliphatic heterocycles. The van der Waals surface area contributed by atoms with Crippen LogP contribution >= 0.6 is 0 Å². The van der Waals surface area contributed by atoms with Crippen molar-refractivity contribution in [3.05, 3.63) is 108 Å². The first kappa shape index (κ1) is 16.2. The van der Waals surface area contributed by atoms with Gasteiger partial charge in [0, 0.05) is 17.8 Å². The van der Waals surface area contributed by atoms with Crippen molar-refractivity contribution in [1.82, 2.24) is 0 Å². The molecule has 4 aromatic carbocycles. The molecule has 4 rings (SSSR count). The normalized spacial score (nSPS) is 10.6. The Kier molecular flexibility index (Phi) is 4.83. The van der Waals surface area contributed by atoms with Crippen molar-refractivity contribution < 1.29 is 4.74 Å². The second-order valence-corrected chi connectivity index (χ2v) is 6.25. The molecule has 1 N–H and O–H groups in total. The first-order valence-electron chi connectivity index (χ1n) is 8.86. The molecule has 0 fully saturated rings. The van der Waals surface area contributed by atoms with Gasteiger partial charge in [0.1, 0.15) is 12.4 Å². The summed E-state index contributed by atoms with van der Waals surface area (Å²) in [5, 5.41) is 5.94. The maximum atomic E-state index is 6.18. The van der Waals surface area contributed by atoms with Crippen LogP contribution in [0.15, 0.2) is 97.1 Å². The largest absolute Gasteiger partial charge is 0.489 e. The van der Waals surface area contributed by atoms with Crippen molar-refractivity contribution in [2.45, 2.75) is 13.2 Å². The first-order chi connectivity index (χ1) is 12.9. The van der Waals surface area contributed by atoms with E-state index >= 15 is 0 Å².